The molecular weight excluding hydrogens is 296 g/mol. The summed E-state index contributed by atoms with van der Waals surface area (Å²) >= 11 is 1.41. The number of pyridine rings is 1. The van der Waals surface area contributed by atoms with E-state index in [9.17, 15) is 4.79 Å². The molecule has 5 nitrogen and oxygen atoms in total. The van der Waals surface area contributed by atoms with Crippen LogP contribution in [0.15, 0.2) is 24.5 Å². The van der Waals surface area contributed by atoms with Crippen molar-refractivity contribution in [1.82, 2.24) is 15.3 Å². The van der Waals surface area contributed by atoms with E-state index in [4.69, 9.17) is 0 Å². The van der Waals surface area contributed by atoms with E-state index in [1.807, 2.05) is 19.1 Å². The van der Waals surface area contributed by atoms with Crippen molar-refractivity contribution in [3.05, 3.63) is 40.7 Å². The number of nitrogens with one attached hydrogen (secondary N) is 2. The number of nitrogens with zero attached hydrogens (tertiary/aromatic N) is 2. The summed E-state index contributed by atoms with van der Waals surface area (Å²) in [6.07, 6.45) is 4.52. The molecule has 0 radical (unpaired) electrons. The lowest BCUT2D eigenvalue weighted by Gasteiger charge is -2.04. The van der Waals surface area contributed by atoms with Gasteiger partial charge in [-0.2, -0.15) is 0 Å². The number of aryl methyl sites for hydroxylation is 1. The van der Waals surface area contributed by atoms with Crippen LogP contribution in [0.2, 0.25) is 0 Å². The summed E-state index contributed by atoms with van der Waals surface area (Å²) in [5.41, 5.74) is 1.80. The zero-order valence-corrected chi connectivity index (χ0v) is 14.0. The summed E-state index contributed by atoms with van der Waals surface area (Å²) in [6.45, 7) is 7.61. The van der Waals surface area contributed by atoms with Crippen LogP contribution in [0.1, 0.15) is 41.2 Å². The van der Waals surface area contributed by atoms with Gasteiger partial charge < -0.3 is 10.6 Å². The first-order chi connectivity index (χ1) is 10.6. The van der Waals surface area contributed by atoms with Crippen LogP contribution >= 0.6 is 11.3 Å². The van der Waals surface area contributed by atoms with Crippen LogP contribution < -0.4 is 10.6 Å². The highest BCUT2D eigenvalue weighted by Crippen LogP contribution is 2.22. The van der Waals surface area contributed by atoms with Gasteiger partial charge in [-0.05, 0) is 37.0 Å². The molecule has 0 fully saturated rings. The third kappa shape index (κ3) is 4.80. The third-order valence-corrected chi connectivity index (χ3v) is 4.32. The maximum atomic E-state index is 12.3. The van der Waals surface area contributed by atoms with Crippen LogP contribution in [0.4, 0.5) is 5.13 Å². The molecule has 0 aliphatic carbocycles. The number of thiazole rings is 1. The van der Waals surface area contributed by atoms with E-state index in [1.54, 1.807) is 12.4 Å². The van der Waals surface area contributed by atoms with E-state index in [2.05, 4.69) is 34.4 Å². The fourth-order valence-electron chi connectivity index (χ4n) is 1.91. The van der Waals surface area contributed by atoms with Gasteiger partial charge in [-0.1, -0.05) is 25.2 Å². The molecular formula is C16H22N4OS. The molecule has 0 aromatic carbocycles. The Morgan fingerprint density at radius 3 is 2.73 bits per heavy atom. The van der Waals surface area contributed by atoms with Crippen LogP contribution in [0.5, 0.6) is 0 Å². The predicted molar refractivity (Wildman–Crippen MR) is 90.2 cm³/mol. The Morgan fingerprint density at radius 1 is 1.32 bits per heavy atom. The Morgan fingerprint density at radius 2 is 2.05 bits per heavy atom. The predicted octanol–water partition coefficient (Wildman–Crippen LogP) is 3.23. The first kappa shape index (κ1) is 16.4. The van der Waals surface area contributed by atoms with Crippen molar-refractivity contribution in [3.8, 4) is 0 Å². The van der Waals surface area contributed by atoms with E-state index in [0.717, 1.165) is 29.4 Å². The largest absolute Gasteiger partial charge is 0.361 e. The topological polar surface area (TPSA) is 66.9 Å². The van der Waals surface area contributed by atoms with Gasteiger partial charge in [0.2, 0.25) is 0 Å². The number of rotatable bonds is 7. The van der Waals surface area contributed by atoms with Gasteiger partial charge in [0.05, 0.1) is 5.69 Å². The summed E-state index contributed by atoms with van der Waals surface area (Å²) in [5, 5.41) is 7.02. The summed E-state index contributed by atoms with van der Waals surface area (Å²) in [7, 11) is 0. The molecule has 2 N–H and O–H groups in total. The maximum Gasteiger partial charge on any atom is 0.263 e. The highest BCUT2D eigenvalue weighted by molar-refractivity contribution is 7.17. The molecule has 0 atom stereocenters. The van der Waals surface area contributed by atoms with Gasteiger partial charge in [-0.3, -0.25) is 9.78 Å². The average molecular weight is 318 g/mol. The number of carbonyl (C=O) groups is 1. The molecule has 0 aliphatic rings. The van der Waals surface area contributed by atoms with Crippen molar-refractivity contribution in [2.75, 3.05) is 11.9 Å². The SMILES string of the molecule is Cc1nc(NCCC(C)C)sc1C(=O)NCc1ccncc1. The Kier molecular flexibility index (Phi) is 5.89. The first-order valence-corrected chi connectivity index (χ1v) is 8.26. The highest BCUT2D eigenvalue weighted by atomic mass is 32.1. The second-order valence-electron chi connectivity index (χ2n) is 5.58. The standard InChI is InChI=1S/C16H22N4OS/c1-11(2)4-9-18-16-20-12(3)14(22-16)15(21)19-10-13-5-7-17-8-6-13/h5-8,11H,4,9-10H2,1-3H3,(H,18,20)(H,19,21). The second kappa shape index (κ2) is 7.89. The smallest absolute Gasteiger partial charge is 0.263 e. The fourth-order valence-corrected chi connectivity index (χ4v) is 2.82. The summed E-state index contributed by atoms with van der Waals surface area (Å²) in [6, 6.07) is 3.78. The van der Waals surface area contributed by atoms with Gasteiger partial charge in [-0.15, -0.1) is 0 Å². The molecule has 0 bridgehead atoms. The van der Waals surface area contributed by atoms with Crippen LogP contribution in [-0.2, 0) is 6.54 Å². The van der Waals surface area contributed by atoms with Crippen LogP contribution in [0.25, 0.3) is 0 Å². The van der Waals surface area contributed by atoms with E-state index in [-0.39, 0.29) is 5.91 Å². The third-order valence-electron chi connectivity index (χ3n) is 3.20. The Labute approximate surface area is 135 Å². The zero-order valence-electron chi connectivity index (χ0n) is 13.2. The Bertz CT molecular complexity index is 610. The van der Waals surface area contributed by atoms with Crippen LogP contribution in [-0.4, -0.2) is 22.4 Å². The lowest BCUT2D eigenvalue weighted by Crippen LogP contribution is -2.22. The molecule has 1 amide bonds. The quantitative estimate of drug-likeness (QED) is 0.822. The van der Waals surface area contributed by atoms with Crippen molar-refractivity contribution in [2.45, 2.75) is 33.7 Å². The molecule has 2 aromatic rings. The maximum absolute atomic E-state index is 12.3. The number of hydrogen-bond donors (Lipinski definition) is 2. The van der Waals surface area contributed by atoms with Crippen LogP contribution in [0.3, 0.4) is 0 Å². The number of hydrogen-bond acceptors (Lipinski definition) is 5. The Hall–Kier alpha value is -1.95. The van der Waals surface area contributed by atoms with Gasteiger partial charge in [0, 0.05) is 25.5 Å². The lowest BCUT2D eigenvalue weighted by atomic mass is 10.1. The van der Waals surface area contributed by atoms with E-state index in [0.29, 0.717) is 17.3 Å². The monoisotopic (exact) mass is 318 g/mol. The van der Waals surface area contributed by atoms with E-state index >= 15 is 0 Å². The minimum atomic E-state index is -0.0799. The summed E-state index contributed by atoms with van der Waals surface area (Å²) < 4.78 is 0. The molecule has 2 heterocycles. The van der Waals surface area contributed by atoms with Crippen LogP contribution in [0, 0.1) is 12.8 Å². The molecule has 2 rings (SSSR count). The summed E-state index contributed by atoms with van der Waals surface area (Å²) in [4.78, 5) is 21.3. The molecule has 118 valence electrons. The normalized spacial score (nSPS) is 10.7. The molecule has 0 unspecified atom stereocenters. The minimum absolute atomic E-state index is 0.0799. The van der Waals surface area contributed by atoms with Crippen molar-refractivity contribution < 1.29 is 4.79 Å². The number of anilines is 1. The van der Waals surface area contributed by atoms with Gasteiger partial charge in [0.15, 0.2) is 5.13 Å². The van der Waals surface area contributed by atoms with Gasteiger partial charge >= 0.3 is 0 Å². The molecule has 22 heavy (non-hydrogen) atoms. The lowest BCUT2D eigenvalue weighted by molar-refractivity contribution is 0.0954. The molecule has 0 saturated heterocycles. The van der Waals surface area contributed by atoms with Gasteiger partial charge in [0.25, 0.3) is 5.91 Å². The molecule has 0 spiro atoms. The van der Waals surface area contributed by atoms with Crippen molar-refractivity contribution >= 4 is 22.4 Å². The highest BCUT2D eigenvalue weighted by Gasteiger charge is 2.14. The number of carbonyl (C=O) groups excluding carboxylic acids is 1. The van der Waals surface area contributed by atoms with Gasteiger partial charge in [-0.25, -0.2) is 4.98 Å². The summed E-state index contributed by atoms with van der Waals surface area (Å²) in [5.74, 6) is 0.570. The molecule has 2 aromatic heterocycles. The molecule has 0 saturated carbocycles. The number of aromatic nitrogens is 2. The molecule has 6 heteroatoms. The van der Waals surface area contributed by atoms with E-state index in [1.165, 1.54) is 11.3 Å². The Balaban J connectivity index is 1.91. The van der Waals surface area contributed by atoms with Crippen molar-refractivity contribution in [2.24, 2.45) is 5.92 Å². The average Bonchev–Trinajstić information content (AvgIpc) is 2.86. The van der Waals surface area contributed by atoms with E-state index < -0.39 is 0 Å². The van der Waals surface area contributed by atoms with Gasteiger partial charge in [0.1, 0.15) is 4.88 Å². The van der Waals surface area contributed by atoms with Crippen molar-refractivity contribution in [1.29, 1.82) is 0 Å². The van der Waals surface area contributed by atoms with Crippen molar-refractivity contribution in [3.63, 3.8) is 0 Å². The number of amides is 1. The zero-order chi connectivity index (χ0) is 15.9. The minimum Gasteiger partial charge on any atom is -0.361 e. The molecule has 0 aliphatic heterocycles. The second-order valence-corrected chi connectivity index (χ2v) is 6.58. The fraction of sp³-hybridized carbons (Fsp3) is 0.438. The first-order valence-electron chi connectivity index (χ1n) is 7.44.